The first-order valence-corrected chi connectivity index (χ1v) is 10.9. The van der Waals surface area contributed by atoms with E-state index in [9.17, 15) is 5.11 Å². The smallest absolute Gasteiger partial charge is 0.185 e. The van der Waals surface area contributed by atoms with Crippen LogP contribution in [0.25, 0.3) is 0 Å². The summed E-state index contributed by atoms with van der Waals surface area (Å²) in [5, 5.41) is 13.8. The molecule has 0 amide bonds. The van der Waals surface area contributed by atoms with Crippen LogP contribution in [0.3, 0.4) is 0 Å². The van der Waals surface area contributed by atoms with Gasteiger partial charge in [0, 0.05) is 6.04 Å². The Kier molecular flexibility index (Phi) is 10.4. The van der Waals surface area contributed by atoms with Crippen LogP contribution in [0.15, 0.2) is 0 Å². The Morgan fingerprint density at radius 3 is 1.80 bits per heavy atom. The molecule has 148 valence electrons. The Morgan fingerprint density at radius 2 is 1.32 bits per heavy atom. The van der Waals surface area contributed by atoms with Crippen LogP contribution in [0.5, 0.6) is 0 Å². The van der Waals surface area contributed by atoms with Gasteiger partial charge in [0.15, 0.2) is 6.29 Å². The largest absolute Gasteiger partial charge is 0.386 e. The second-order valence-electron chi connectivity index (χ2n) is 8.16. The predicted octanol–water partition coefficient (Wildman–Crippen LogP) is 4.54. The minimum Gasteiger partial charge on any atom is -0.386 e. The number of aliphatic hydroxyl groups excluding tert-OH is 1. The Balaban J connectivity index is 1.84. The lowest BCUT2D eigenvalue weighted by Crippen LogP contribution is -2.54. The van der Waals surface area contributed by atoms with Crippen molar-refractivity contribution in [3.8, 4) is 0 Å². The van der Waals surface area contributed by atoms with Crippen molar-refractivity contribution in [1.82, 2.24) is 5.32 Å². The zero-order valence-corrected chi connectivity index (χ0v) is 16.5. The summed E-state index contributed by atoms with van der Waals surface area (Å²) in [5.41, 5.74) is 0. The lowest BCUT2D eigenvalue weighted by Gasteiger charge is -2.39. The molecule has 1 heterocycles. The lowest BCUT2D eigenvalue weighted by atomic mass is 9.98. The van der Waals surface area contributed by atoms with Crippen molar-refractivity contribution in [2.45, 2.75) is 127 Å². The van der Waals surface area contributed by atoms with Crippen molar-refractivity contribution in [1.29, 1.82) is 0 Å². The first-order valence-electron chi connectivity index (χ1n) is 10.9. The van der Waals surface area contributed by atoms with Gasteiger partial charge in [-0.2, -0.15) is 0 Å². The molecule has 0 aromatic rings. The number of hydrogen-bond acceptors (Lipinski definition) is 4. The maximum Gasteiger partial charge on any atom is 0.185 e. The molecule has 0 bridgehead atoms. The van der Waals surface area contributed by atoms with E-state index in [0.29, 0.717) is 0 Å². The Labute approximate surface area is 155 Å². The summed E-state index contributed by atoms with van der Waals surface area (Å²) < 4.78 is 12.2. The minimum absolute atomic E-state index is 0.0623. The van der Waals surface area contributed by atoms with Gasteiger partial charge in [-0.3, -0.25) is 0 Å². The number of rotatable bonds is 3. The van der Waals surface area contributed by atoms with Gasteiger partial charge < -0.3 is 19.9 Å². The maximum absolute atomic E-state index is 10.5. The van der Waals surface area contributed by atoms with E-state index < -0.39 is 12.4 Å². The average molecular weight is 356 g/mol. The number of hydrogen-bond donors (Lipinski definition) is 2. The molecule has 0 aromatic heterocycles. The van der Waals surface area contributed by atoms with Gasteiger partial charge in [-0.1, -0.05) is 70.6 Å². The quantitative estimate of drug-likeness (QED) is 0.780. The maximum atomic E-state index is 10.5. The fraction of sp³-hybridized carbons (Fsp3) is 1.00. The molecule has 2 N–H and O–H groups in total. The molecule has 1 saturated carbocycles. The zero-order chi connectivity index (χ0) is 17.9. The van der Waals surface area contributed by atoms with Gasteiger partial charge in [0.1, 0.15) is 6.10 Å². The first-order chi connectivity index (χ1) is 12.2. The van der Waals surface area contributed by atoms with Gasteiger partial charge in [-0.05, 0) is 33.2 Å². The van der Waals surface area contributed by atoms with Gasteiger partial charge in [0.05, 0.1) is 12.2 Å². The molecule has 0 spiro atoms. The normalized spacial score (nSPS) is 35.2. The summed E-state index contributed by atoms with van der Waals surface area (Å²) in [6.45, 7) is 2.07. The van der Waals surface area contributed by atoms with E-state index in [1.165, 1.54) is 70.6 Å². The average Bonchev–Trinajstić information content (AvgIpc) is 2.60. The van der Waals surface area contributed by atoms with E-state index in [1.807, 2.05) is 7.05 Å². The van der Waals surface area contributed by atoms with Gasteiger partial charge in [0.2, 0.25) is 0 Å². The number of likely N-dealkylation sites (N-methyl/N-ethyl adjacent to an activating group) is 1. The van der Waals surface area contributed by atoms with Crippen molar-refractivity contribution >= 4 is 0 Å². The highest BCUT2D eigenvalue weighted by Gasteiger charge is 2.37. The van der Waals surface area contributed by atoms with Crippen molar-refractivity contribution in [3.05, 3.63) is 0 Å². The van der Waals surface area contributed by atoms with Gasteiger partial charge in [-0.15, -0.1) is 0 Å². The molecule has 0 radical (unpaired) electrons. The lowest BCUT2D eigenvalue weighted by molar-refractivity contribution is -0.261. The minimum atomic E-state index is -0.575. The summed E-state index contributed by atoms with van der Waals surface area (Å²) in [6, 6.07) is 0.0623. The molecule has 4 heteroatoms. The molecule has 0 aromatic carbocycles. The molecule has 1 aliphatic heterocycles. The van der Waals surface area contributed by atoms with Crippen LogP contribution >= 0.6 is 0 Å². The summed E-state index contributed by atoms with van der Waals surface area (Å²) in [5.74, 6) is 0. The molecule has 1 aliphatic carbocycles. The monoisotopic (exact) mass is 355 g/mol. The molecule has 1 saturated heterocycles. The molecule has 2 fully saturated rings. The molecule has 4 atom stereocenters. The molecule has 3 unspecified atom stereocenters. The van der Waals surface area contributed by atoms with Crippen LogP contribution in [0.1, 0.15) is 96.8 Å². The standard InChI is InChI=1S/C21H41NO3/c1-17-16-19(22-2)20(23)21(24-17)25-18-14-12-10-8-6-4-3-5-7-9-11-13-15-18/h17-23H,3-16H2,1-2H3/t17?,19?,20?,21-/m0/s1. The van der Waals surface area contributed by atoms with E-state index in [-0.39, 0.29) is 18.2 Å². The number of nitrogens with one attached hydrogen (secondary N) is 1. The van der Waals surface area contributed by atoms with Gasteiger partial charge in [-0.25, -0.2) is 0 Å². The molecular formula is C21H41NO3. The van der Waals surface area contributed by atoms with Crippen LogP contribution in [-0.4, -0.2) is 42.8 Å². The molecular weight excluding hydrogens is 314 g/mol. The Morgan fingerprint density at radius 1 is 0.840 bits per heavy atom. The Bertz CT molecular complexity index is 325. The van der Waals surface area contributed by atoms with Crippen molar-refractivity contribution < 1.29 is 14.6 Å². The third kappa shape index (κ3) is 7.94. The highest BCUT2D eigenvalue weighted by Crippen LogP contribution is 2.25. The summed E-state index contributed by atoms with van der Waals surface area (Å²) in [4.78, 5) is 0. The SMILES string of the molecule is CNC1CC(C)O[C@@H](OC2CCCCCCCCCCCCC2)C1O. The zero-order valence-electron chi connectivity index (χ0n) is 16.5. The molecule has 25 heavy (non-hydrogen) atoms. The van der Waals surface area contributed by atoms with Crippen LogP contribution in [0.2, 0.25) is 0 Å². The van der Waals surface area contributed by atoms with Crippen LogP contribution < -0.4 is 5.32 Å². The summed E-state index contributed by atoms with van der Waals surface area (Å²) in [7, 11) is 1.91. The van der Waals surface area contributed by atoms with Gasteiger partial charge >= 0.3 is 0 Å². The second-order valence-corrected chi connectivity index (χ2v) is 8.16. The van der Waals surface area contributed by atoms with E-state index in [0.717, 1.165) is 19.3 Å². The van der Waals surface area contributed by atoms with Crippen LogP contribution in [-0.2, 0) is 9.47 Å². The Hall–Kier alpha value is -0.160. The van der Waals surface area contributed by atoms with Gasteiger partial charge in [0.25, 0.3) is 0 Å². The summed E-state index contributed by atoms with van der Waals surface area (Å²) >= 11 is 0. The van der Waals surface area contributed by atoms with E-state index in [2.05, 4.69) is 12.2 Å². The highest BCUT2D eigenvalue weighted by atomic mass is 16.7. The fourth-order valence-corrected chi connectivity index (χ4v) is 4.26. The topological polar surface area (TPSA) is 50.7 Å². The molecule has 2 rings (SSSR count). The molecule has 4 nitrogen and oxygen atoms in total. The summed E-state index contributed by atoms with van der Waals surface area (Å²) in [6.07, 6.45) is 17.2. The van der Waals surface area contributed by atoms with E-state index in [4.69, 9.17) is 9.47 Å². The first kappa shape index (κ1) is 21.1. The van der Waals surface area contributed by atoms with Crippen LogP contribution in [0, 0.1) is 0 Å². The highest BCUT2D eigenvalue weighted by molar-refractivity contribution is 4.85. The van der Waals surface area contributed by atoms with E-state index >= 15 is 0 Å². The predicted molar refractivity (Wildman–Crippen MR) is 103 cm³/mol. The molecule has 2 aliphatic rings. The fourth-order valence-electron chi connectivity index (χ4n) is 4.26. The van der Waals surface area contributed by atoms with Crippen molar-refractivity contribution in [2.24, 2.45) is 0 Å². The third-order valence-corrected chi connectivity index (χ3v) is 5.89. The number of ether oxygens (including phenoxy) is 2. The third-order valence-electron chi connectivity index (χ3n) is 5.89. The van der Waals surface area contributed by atoms with E-state index in [1.54, 1.807) is 0 Å². The second kappa shape index (κ2) is 12.3. The van der Waals surface area contributed by atoms with Crippen molar-refractivity contribution in [3.63, 3.8) is 0 Å². The van der Waals surface area contributed by atoms with Crippen molar-refractivity contribution in [2.75, 3.05) is 7.05 Å². The van der Waals surface area contributed by atoms with Crippen LogP contribution in [0.4, 0.5) is 0 Å². The number of aliphatic hydroxyl groups is 1.